The van der Waals surface area contributed by atoms with Crippen LogP contribution >= 0.6 is 0 Å². The number of nitrogens with one attached hydrogen (secondary N) is 1. The number of rotatable bonds is 3. The van der Waals surface area contributed by atoms with Crippen molar-refractivity contribution in [1.82, 2.24) is 0 Å². The second kappa shape index (κ2) is 5.53. The molecular weight excluding hydrogens is 251 g/mol. The van der Waals surface area contributed by atoms with Crippen molar-refractivity contribution < 1.29 is 4.39 Å². The molecule has 0 amide bonds. The summed E-state index contributed by atoms with van der Waals surface area (Å²) in [6.45, 7) is 1.90. The van der Waals surface area contributed by atoms with Crippen molar-refractivity contribution >= 4 is 11.4 Å². The molecule has 0 bridgehead atoms. The number of anilines is 2. The van der Waals surface area contributed by atoms with E-state index in [0.29, 0.717) is 0 Å². The lowest BCUT2D eigenvalue weighted by atomic mass is 10.0. The molecule has 1 aliphatic heterocycles. The molecule has 0 fully saturated rings. The van der Waals surface area contributed by atoms with Crippen LogP contribution in [0.15, 0.2) is 42.5 Å². The summed E-state index contributed by atoms with van der Waals surface area (Å²) in [5.74, 6) is -0.193. The zero-order valence-electron chi connectivity index (χ0n) is 11.7. The normalized spacial score (nSPS) is 13.5. The fraction of sp³-hybridized carbons (Fsp3) is 0.294. The molecule has 1 aliphatic rings. The van der Waals surface area contributed by atoms with Crippen LogP contribution in [-0.2, 0) is 13.0 Å². The van der Waals surface area contributed by atoms with Crippen LogP contribution in [0.5, 0.6) is 0 Å². The number of benzene rings is 2. The van der Waals surface area contributed by atoms with Gasteiger partial charge < -0.3 is 10.2 Å². The largest absolute Gasteiger partial charge is 0.385 e. The maximum atomic E-state index is 12.9. The first kappa shape index (κ1) is 13.0. The van der Waals surface area contributed by atoms with Crippen LogP contribution in [0.25, 0.3) is 0 Å². The maximum absolute atomic E-state index is 12.9. The van der Waals surface area contributed by atoms with Crippen molar-refractivity contribution in [3.8, 4) is 0 Å². The highest BCUT2D eigenvalue weighted by Gasteiger charge is 2.10. The average molecular weight is 270 g/mol. The molecule has 2 aromatic rings. The molecule has 0 atom stereocenters. The summed E-state index contributed by atoms with van der Waals surface area (Å²) in [7, 11) is 2.03. The minimum atomic E-state index is -0.193. The third-order valence-electron chi connectivity index (χ3n) is 3.80. The average Bonchev–Trinajstić information content (AvgIpc) is 2.48. The molecular formula is C17H19FN2. The zero-order chi connectivity index (χ0) is 13.9. The van der Waals surface area contributed by atoms with Crippen molar-refractivity contribution in [1.29, 1.82) is 0 Å². The molecule has 0 saturated heterocycles. The van der Waals surface area contributed by atoms with Crippen molar-refractivity contribution in [3.05, 3.63) is 59.4 Å². The van der Waals surface area contributed by atoms with Crippen LogP contribution in [0.2, 0.25) is 0 Å². The van der Waals surface area contributed by atoms with Gasteiger partial charge in [0.05, 0.1) is 0 Å². The Morgan fingerprint density at radius 2 is 1.95 bits per heavy atom. The molecule has 0 radical (unpaired) electrons. The lowest BCUT2D eigenvalue weighted by Gasteiger charge is -2.22. The lowest BCUT2D eigenvalue weighted by Crippen LogP contribution is -2.17. The van der Waals surface area contributed by atoms with E-state index in [4.69, 9.17) is 0 Å². The third kappa shape index (κ3) is 2.77. The highest BCUT2D eigenvalue weighted by molar-refractivity contribution is 5.55. The van der Waals surface area contributed by atoms with Gasteiger partial charge in [-0.3, -0.25) is 0 Å². The van der Waals surface area contributed by atoms with Crippen molar-refractivity contribution in [2.75, 3.05) is 23.8 Å². The summed E-state index contributed by atoms with van der Waals surface area (Å²) in [6.07, 6.45) is 2.35. The molecule has 0 spiro atoms. The highest BCUT2D eigenvalue weighted by atomic mass is 19.1. The second-order valence-electron chi connectivity index (χ2n) is 5.35. The minimum Gasteiger partial charge on any atom is -0.385 e. The van der Waals surface area contributed by atoms with E-state index < -0.39 is 0 Å². The first-order chi connectivity index (χ1) is 9.72. The van der Waals surface area contributed by atoms with Crippen LogP contribution in [-0.4, -0.2) is 13.6 Å². The van der Waals surface area contributed by atoms with E-state index in [1.54, 1.807) is 0 Å². The SMILES string of the molecule is CN(Cc1ccc2c(c1)CCCN2)c1ccc(F)cc1. The Morgan fingerprint density at radius 1 is 1.15 bits per heavy atom. The molecule has 0 aliphatic carbocycles. The van der Waals surface area contributed by atoms with Crippen LogP contribution < -0.4 is 10.2 Å². The molecule has 2 aromatic carbocycles. The van der Waals surface area contributed by atoms with Crippen LogP contribution in [0.1, 0.15) is 17.5 Å². The van der Waals surface area contributed by atoms with Gasteiger partial charge in [0.25, 0.3) is 0 Å². The van der Waals surface area contributed by atoms with Gasteiger partial charge in [-0.1, -0.05) is 12.1 Å². The van der Waals surface area contributed by atoms with Gasteiger partial charge in [-0.05, 0) is 54.3 Å². The Bertz CT molecular complexity index is 592. The molecule has 0 saturated carbocycles. The molecule has 104 valence electrons. The van der Waals surface area contributed by atoms with Crippen LogP contribution in [0.4, 0.5) is 15.8 Å². The van der Waals surface area contributed by atoms with E-state index >= 15 is 0 Å². The second-order valence-corrected chi connectivity index (χ2v) is 5.35. The smallest absolute Gasteiger partial charge is 0.123 e. The van der Waals surface area contributed by atoms with E-state index in [0.717, 1.165) is 25.2 Å². The summed E-state index contributed by atoms with van der Waals surface area (Å²) in [5, 5.41) is 3.43. The predicted octanol–water partition coefficient (Wildman–Crippen LogP) is 3.82. The van der Waals surface area contributed by atoms with Gasteiger partial charge in [0.2, 0.25) is 0 Å². The number of fused-ring (bicyclic) bond motifs is 1. The standard InChI is InChI=1S/C17H19FN2/c1-20(16-7-5-15(18)6-8-16)12-13-4-9-17-14(11-13)3-2-10-19-17/h4-9,11,19H,2-3,10,12H2,1H3. The number of aryl methyl sites for hydroxylation is 1. The number of hydrogen-bond donors (Lipinski definition) is 1. The summed E-state index contributed by atoms with van der Waals surface area (Å²) >= 11 is 0. The Labute approximate surface area is 119 Å². The Kier molecular flexibility index (Phi) is 3.59. The van der Waals surface area contributed by atoms with Gasteiger partial charge in [0.15, 0.2) is 0 Å². The maximum Gasteiger partial charge on any atom is 0.123 e. The van der Waals surface area contributed by atoms with Gasteiger partial charge in [0, 0.05) is 31.5 Å². The fourth-order valence-electron chi connectivity index (χ4n) is 2.69. The third-order valence-corrected chi connectivity index (χ3v) is 3.80. The Hall–Kier alpha value is -2.03. The van der Waals surface area contributed by atoms with Gasteiger partial charge in [-0.15, -0.1) is 0 Å². The number of halogens is 1. The molecule has 1 N–H and O–H groups in total. The number of nitrogens with zero attached hydrogens (tertiary/aromatic N) is 1. The van der Waals surface area contributed by atoms with Gasteiger partial charge in [-0.25, -0.2) is 4.39 Å². The molecule has 3 rings (SSSR count). The number of hydrogen-bond acceptors (Lipinski definition) is 2. The van der Waals surface area contributed by atoms with Gasteiger partial charge >= 0.3 is 0 Å². The quantitative estimate of drug-likeness (QED) is 0.912. The van der Waals surface area contributed by atoms with Crippen molar-refractivity contribution in [2.45, 2.75) is 19.4 Å². The Balaban J connectivity index is 1.75. The van der Waals surface area contributed by atoms with E-state index in [1.165, 1.54) is 35.4 Å². The van der Waals surface area contributed by atoms with Gasteiger partial charge in [0.1, 0.15) is 5.82 Å². The van der Waals surface area contributed by atoms with Crippen LogP contribution in [0, 0.1) is 5.82 Å². The lowest BCUT2D eigenvalue weighted by molar-refractivity contribution is 0.627. The van der Waals surface area contributed by atoms with E-state index in [-0.39, 0.29) is 5.82 Å². The summed E-state index contributed by atoms with van der Waals surface area (Å²) in [5.41, 5.74) is 4.99. The Morgan fingerprint density at radius 3 is 2.75 bits per heavy atom. The van der Waals surface area contributed by atoms with Crippen molar-refractivity contribution in [2.24, 2.45) is 0 Å². The predicted molar refractivity (Wildman–Crippen MR) is 81.8 cm³/mol. The fourth-order valence-corrected chi connectivity index (χ4v) is 2.69. The minimum absolute atomic E-state index is 0.193. The molecule has 2 nitrogen and oxygen atoms in total. The first-order valence-electron chi connectivity index (χ1n) is 7.05. The molecule has 0 aromatic heterocycles. The highest BCUT2D eigenvalue weighted by Crippen LogP contribution is 2.24. The summed E-state index contributed by atoms with van der Waals surface area (Å²) in [6, 6.07) is 13.2. The topological polar surface area (TPSA) is 15.3 Å². The van der Waals surface area contributed by atoms with E-state index in [9.17, 15) is 4.39 Å². The molecule has 3 heteroatoms. The van der Waals surface area contributed by atoms with Gasteiger partial charge in [-0.2, -0.15) is 0 Å². The first-order valence-corrected chi connectivity index (χ1v) is 7.05. The van der Waals surface area contributed by atoms with Crippen molar-refractivity contribution in [3.63, 3.8) is 0 Å². The molecule has 0 unspecified atom stereocenters. The molecule has 20 heavy (non-hydrogen) atoms. The summed E-state index contributed by atoms with van der Waals surface area (Å²) in [4.78, 5) is 2.14. The zero-order valence-corrected chi connectivity index (χ0v) is 11.7. The monoisotopic (exact) mass is 270 g/mol. The summed E-state index contributed by atoms with van der Waals surface area (Å²) < 4.78 is 12.9. The molecule has 1 heterocycles. The van der Waals surface area contributed by atoms with Crippen LogP contribution in [0.3, 0.4) is 0 Å². The van der Waals surface area contributed by atoms with E-state index in [1.807, 2.05) is 19.2 Å². The van der Waals surface area contributed by atoms with E-state index in [2.05, 4.69) is 28.4 Å².